The van der Waals surface area contributed by atoms with E-state index in [0.717, 1.165) is 5.56 Å². The average Bonchev–Trinajstić information content (AvgIpc) is 2.70. The van der Waals surface area contributed by atoms with Crippen LogP contribution in [-0.4, -0.2) is 45.9 Å². The van der Waals surface area contributed by atoms with Gasteiger partial charge in [0.25, 0.3) is 0 Å². The molecule has 172 valence electrons. The van der Waals surface area contributed by atoms with E-state index >= 15 is 0 Å². The molecule has 0 spiro atoms. The Labute approximate surface area is 202 Å². The summed E-state index contributed by atoms with van der Waals surface area (Å²) in [7, 11) is -0.537. The van der Waals surface area contributed by atoms with Crippen LogP contribution >= 0.6 is 24.0 Å². The average molecular weight is 562 g/mol. The maximum atomic E-state index is 13.6. The first-order valence-electron chi connectivity index (χ1n) is 9.86. The van der Waals surface area contributed by atoms with Crippen molar-refractivity contribution in [1.29, 1.82) is 0 Å². The highest BCUT2D eigenvalue weighted by Gasteiger charge is 2.22. The van der Waals surface area contributed by atoms with E-state index < -0.39 is 10.0 Å². The standard InChI is InChI=1S/C22H31FN4O2S.HI/c1-6-24-21(26-16-22(2,3)18-11-9-12-19(23)14-18)25-15-17-10-7-8-13-20(17)30(28,29)27(4)5;/h7-14H,6,15-16H2,1-5H3,(H2,24,25,26);1H. The van der Waals surface area contributed by atoms with Gasteiger partial charge < -0.3 is 10.6 Å². The van der Waals surface area contributed by atoms with Gasteiger partial charge in [0.1, 0.15) is 5.82 Å². The first-order chi connectivity index (χ1) is 14.1. The zero-order valence-corrected chi connectivity index (χ0v) is 21.8. The minimum absolute atomic E-state index is 0. The predicted molar refractivity (Wildman–Crippen MR) is 135 cm³/mol. The highest BCUT2D eigenvalue weighted by Crippen LogP contribution is 2.23. The molecule has 0 aliphatic heterocycles. The minimum Gasteiger partial charge on any atom is -0.357 e. The van der Waals surface area contributed by atoms with Crippen LogP contribution in [0.25, 0.3) is 0 Å². The Hall–Kier alpha value is -1.72. The van der Waals surface area contributed by atoms with Crippen LogP contribution in [0, 0.1) is 5.82 Å². The van der Waals surface area contributed by atoms with Gasteiger partial charge in [-0.2, -0.15) is 0 Å². The summed E-state index contributed by atoms with van der Waals surface area (Å²) in [5.41, 5.74) is 1.17. The Kier molecular flexibility index (Phi) is 10.4. The van der Waals surface area contributed by atoms with Crippen molar-refractivity contribution in [3.05, 3.63) is 65.5 Å². The maximum Gasteiger partial charge on any atom is 0.242 e. The molecule has 9 heteroatoms. The van der Waals surface area contributed by atoms with Gasteiger partial charge in [0.15, 0.2) is 5.96 Å². The lowest BCUT2D eigenvalue weighted by Crippen LogP contribution is -2.43. The summed E-state index contributed by atoms with van der Waals surface area (Å²) in [5, 5.41) is 6.46. The number of hydrogen-bond acceptors (Lipinski definition) is 3. The van der Waals surface area contributed by atoms with Crippen LogP contribution in [-0.2, 0) is 22.0 Å². The van der Waals surface area contributed by atoms with Gasteiger partial charge >= 0.3 is 0 Å². The van der Waals surface area contributed by atoms with Crippen LogP contribution in [0.2, 0.25) is 0 Å². The molecule has 0 saturated heterocycles. The van der Waals surface area contributed by atoms with Crippen molar-refractivity contribution in [1.82, 2.24) is 14.9 Å². The highest BCUT2D eigenvalue weighted by molar-refractivity contribution is 14.0. The monoisotopic (exact) mass is 562 g/mol. The molecule has 6 nitrogen and oxygen atoms in total. The van der Waals surface area contributed by atoms with Crippen molar-refractivity contribution in [3.8, 4) is 0 Å². The SMILES string of the molecule is CCNC(=NCc1ccccc1S(=O)(=O)N(C)C)NCC(C)(C)c1cccc(F)c1.I. The molecule has 0 aliphatic carbocycles. The highest BCUT2D eigenvalue weighted by atomic mass is 127. The van der Waals surface area contributed by atoms with Crippen LogP contribution in [0.15, 0.2) is 58.4 Å². The van der Waals surface area contributed by atoms with Gasteiger partial charge in [0.2, 0.25) is 10.0 Å². The summed E-state index contributed by atoms with van der Waals surface area (Å²) in [4.78, 5) is 4.81. The topological polar surface area (TPSA) is 73.8 Å². The predicted octanol–water partition coefficient (Wildman–Crippen LogP) is 3.73. The molecule has 0 amide bonds. The molecule has 0 aromatic heterocycles. The molecule has 0 radical (unpaired) electrons. The molecular weight excluding hydrogens is 530 g/mol. The Bertz CT molecular complexity index is 995. The molecule has 31 heavy (non-hydrogen) atoms. The number of benzene rings is 2. The third kappa shape index (κ3) is 7.43. The summed E-state index contributed by atoms with van der Waals surface area (Å²) in [6.07, 6.45) is 0. The maximum absolute atomic E-state index is 13.6. The zero-order chi connectivity index (χ0) is 22.4. The first kappa shape index (κ1) is 27.3. The lowest BCUT2D eigenvalue weighted by Gasteiger charge is -2.27. The Morgan fingerprint density at radius 3 is 2.39 bits per heavy atom. The van der Waals surface area contributed by atoms with Gasteiger partial charge in [-0.1, -0.05) is 44.2 Å². The zero-order valence-electron chi connectivity index (χ0n) is 18.6. The number of hydrogen-bond donors (Lipinski definition) is 2. The lowest BCUT2D eigenvalue weighted by atomic mass is 9.84. The van der Waals surface area contributed by atoms with E-state index in [2.05, 4.69) is 15.6 Å². The van der Waals surface area contributed by atoms with Crippen molar-refractivity contribution in [3.63, 3.8) is 0 Å². The molecule has 2 aromatic carbocycles. The summed E-state index contributed by atoms with van der Waals surface area (Å²) < 4.78 is 40.0. The van der Waals surface area contributed by atoms with Crippen LogP contribution in [0.4, 0.5) is 4.39 Å². The van der Waals surface area contributed by atoms with Gasteiger partial charge in [0, 0.05) is 32.6 Å². The molecule has 0 atom stereocenters. The second-order valence-corrected chi connectivity index (χ2v) is 9.96. The summed E-state index contributed by atoms with van der Waals surface area (Å²) >= 11 is 0. The fourth-order valence-electron chi connectivity index (χ4n) is 2.90. The van der Waals surface area contributed by atoms with Crippen molar-refractivity contribution in [2.24, 2.45) is 4.99 Å². The first-order valence-corrected chi connectivity index (χ1v) is 11.3. The molecular formula is C22H32FIN4O2S. The van der Waals surface area contributed by atoms with E-state index in [0.29, 0.717) is 24.6 Å². The van der Waals surface area contributed by atoms with E-state index in [9.17, 15) is 12.8 Å². The molecule has 2 aromatic rings. The fourth-order valence-corrected chi connectivity index (χ4v) is 4.01. The van der Waals surface area contributed by atoms with Gasteiger partial charge in [0.05, 0.1) is 11.4 Å². The number of sulfonamides is 1. The molecule has 2 N–H and O–H groups in total. The second kappa shape index (κ2) is 11.8. The Balaban J connectivity index is 0.00000480. The number of rotatable bonds is 8. The van der Waals surface area contributed by atoms with Crippen molar-refractivity contribution < 1.29 is 12.8 Å². The van der Waals surface area contributed by atoms with Gasteiger partial charge in [-0.15, -0.1) is 24.0 Å². The van der Waals surface area contributed by atoms with Gasteiger partial charge in [-0.05, 0) is 36.2 Å². The van der Waals surface area contributed by atoms with Crippen LogP contribution in [0.5, 0.6) is 0 Å². The smallest absolute Gasteiger partial charge is 0.242 e. The van der Waals surface area contributed by atoms with Crippen LogP contribution in [0.1, 0.15) is 31.9 Å². The van der Waals surface area contributed by atoms with Crippen LogP contribution < -0.4 is 10.6 Å². The normalized spacial score (nSPS) is 12.4. The van der Waals surface area contributed by atoms with E-state index in [1.54, 1.807) is 30.3 Å². The third-order valence-corrected chi connectivity index (χ3v) is 6.70. The molecule has 2 rings (SSSR count). The van der Waals surface area contributed by atoms with Crippen LogP contribution in [0.3, 0.4) is 0 Å². The van der Waals surface area contributed by atoms with E-state index in [-0.39, 0.29) is 46.6 Å². The molecule has 0 unspecified atom stereocenters. The van der Waals surface area contributed by atoms with Crippen molar-refractivity contribution in [2.45, 2.75) is 37.6 Å². The fraction of sp³-hybridized carbons (Fsp3) is 0.409. The Morgan fingerprint density at radius 2 is 1.77 bits per heavy atom. The second-order valence-electron chi connectivity index (χ2n) is 7.84. The van der Waals surface area contributed by atoms with Gasteiger partial charge in [-0.3, -0.25) is 0 Å². The third-order valence-electron chi connectivity index (χ3n) is 4.79. The summed E-state index contributed by atoms with van der Waals surface area (Å²) in [5.74, 6) is 0.305. The summed E-state index contributed by atoms with van der Waals surface area (Å²) in [6.45, 7) is 7.40. The number of aliphatic imine (C=N–C) groups is 1. The van der Waals surface area contributed by atoms with Gasteiger partial charge in [-0.25, -0.2) is 22.1 Å². The summed E-state index contributed by atoms with van der Waals surface area (Å²) in [6, 6.07) is 13.4. The Morgan fingerprint density at radius 1 is 1.10 bits per heavy atom. The van der Waals surface area contributed by atoms with E-state index in [1.807, 2.05) is 26.8 Å². The number of halogens is 2. The van der Waals surface area contributed by atoms with E-state index in [4.69, 9.17) is 0 Å². The molecule has 0 fully saturated rings. The quantitative estimate of drug-likeness (QED) is 0.292. The molecule has 0 aliphatic rings. The number of nitrogens with one attached hydrogen (secondary N) is 2. The molecule has 0 heterocycles. The number of guanidine groups is 1. The molecule has 0 saturated carbocycles. The van der Waals surface area contributed by atoms with E-state index in [1.165, 1.54) is 30.5 Å². The van der Waals surface area contributed by atoms with Crippen molar-refractivity contribution in [2.75, 3.05) is 27.2 Å². The minimum atomic E-state index is -3.56. The van der Waals surface area contributed by atoms with Crippen molar-refractivity contribution >= 4 is 40.0 Å². The lowest BCUT2D eigenvalue weighted by molar-refractivity contribution is 0.503. The molecule has 0 bridgehead atoms. The largest absolute Gasteiger partial charge is 0.357 e. The number of nitrogens with zero attached hydrogens (tertiary/aromatic N) is 2.